The lowest BCUT2D eigenvalue weighted by Gasteiger charge is -2.20. The molecule has 0 atom stereocenters. The number of benzene rings is 2. The number of carbonyl (C=O) groups is 3. The van der Waals surface area contributed by atoms with Crippen LogP contribution in [0, 0.1) is 6.92 Å². The number of amides is 2. The standard InChI is InChI=1S/C21H18N4O4/c1-13-22-17-6-4-3-5-16(17)20(23-13)24(2)15-9-7-14(8-10-15)21(28)29-25-18(26)11-12-19(25)27/h3-10H,11-12H2,1-2H3. The van der Waals surface area contributed by atoms with Gasteiger partial charge in [-0.2, -0.15) is 0 Å². The third-order valence-corrected chi connectivity index (χ3v) is 4.68. The molecule has 4 rings (SSSR count). The van der Waals surface area contributed by atoms with Crippen LogP contribution in [0.5, 0.6) is 0 Å². The summed E-state index contributed by atoms with van der Waals surface area (Å²) in [5.41, 5.74) is 1.89. The minimum absolute atomic E-state index is 0.0577. The molecule has 1 aromatic heterocycles. The fraction of sp³-hybridized carbons (Fsp3) is 0.190. The number of para-hydroxylation sites is 1. The maximum absolute atomic E-state index is 12.3. The number of aryl methyl sites for hydroxylation is 1. The van der Waals surface area contributed by atoms with Crippen LogP contribution in [0.1, 0.15) is 29.0 Å². The average molecular weight is 390 g/mol. The zero-order valence-corrected chi connectivity index (χ0v) is 16.0. The Morgan fingerprint density at radius 2 is 1.66 bits per heavy atom. The first-order valence-electron chi connectivity index (χ1n) is 9.09. The number of carbonyl (C=O) groups excluding carboxylic acids is 3. The van der Waals surface area contributed by atoms with Gasteiger partial charge in [-0.1, -0.05) is 12.1 Å². The highest BCUT2D eigenvalue weighted by molar-refractivity contribution is 6.02. The topological polar surface area (TPSA) is 92.7 Å². The lowest BCUT2D eigenvalue weighted by molar-refractivity contribution is -0.172. The Hall–Kier alpha value is -3.81. The van der Waals surface area contributed by atoms with Crippen LogP contribution < -0.4 is 4.90 Å². The fourth-order valence-corrected chi connectivity index (χ4v) is 3.17. The molecule has 8 nitrogen and oxygen atoms in total. The van der Waals surface area contributed by atoms with Crippen molar-refractivity contribution in [1.82, 2.24) is 15.0 Å². The largest absolute Gasteiger partial charge is 0.363 e. The van der Waals surface area contributed by atoms with Crippen molar-refractivity contribution in [3.8, 4) is 0 Å². The molecule has 1 fully saturated rings. The minimum atomic E-state index is -0.758. The molecule has 1 aliphatic rings. The van der Waals surface area contributed by atoms with E-state index in [1.54, 1.807) is 24.3 Å². The van der Waals surface area contributed by atoms with Crippen LogP contribution in [0.3, 0.4) is 0 Å². The van der Waals surface area contributed by atoms with Gasteiger partial charge in [0.15, 0.2) is 0 Å². The number of hydrogen-bond acceptors (Lipinski definition) is 7. The van der Waals surface area contributed by atoms with Crippen LogP contribution in [0.15, 0.2) is 48.5 Å². The van der Waals surface area contributed by atoms with E-state index in [9.17, 15) is 14.4 Å². The maximum Gasteiger partial charge on any atom is 0.363 e. The molecule has 2 aromatic carbocycles. The molecule has 8 heteroatoms. The van der Waals surface area contributed by atoms with Crippen molar-refractivity contribution in [2.24, 2.45) is 0 Å². The Bertz CT molecular complexity index is 1110. The van der Waals surface area contributed by atoms with E-state index < -0.39 is 17.8 Å². The molecule has 146 valence electrons. The SMILES string of the molecule is Cc1nc(N(C)c2ccc(C(=O)ON3C(=O)CCC3=O)cc2)c2ccccc2n1. The van der Waals surface area contributed by atoms with Gasteiger partial charge in [-0.05, 0) is 43.3 Å². The first-order valence-corrected chi connectivity index (χ1v) is 9.09. The summed E-state index contributed by atoms with van der Waals surface area (Å²) in [6.07, 6.45) is 0.115. The van der Waals surface area contributed by atoms with E-state index in [4.69, 9.17) is 4.84 Å². The average Bonchev–Trinajstić information content (AvgIpc) is 3.04. The minimum Gasteiger partial charge on any atom is -0.329 e. The third-order valence-electron chi connectivity index (χ3n) is 4.68. The molecule has 3 aromatic rings. The Labute approximate surface area is 166 Å². The molecule has 1 saturated heterocycles. The van der Waals surface area contributed by atoms with E-state index >= 15 is 0 Å². The number of rotatable bonds is 4. The first kappa shape index (κ1) is 18.5. The highest BCUT2D eigenvalue weighted by Gasteiger charge is 2.33. The van der Waals surface area contributed by atoms with Crippen LogP contribution in [-0.4, -0.2) is 39.9 Å². The lowest BCUT2D eigenvalue weighted by atomic mass is 10.2. The molecule has 29 heavy (non-hydrogen) atoms. The third kappa shape index (κ3) is 3.52. The zero-order valence-electron chi connectivity index (χ0n) is 16.0. The molecule has 0 bridgehead atoms. The van der Waals surface area contributed by atoms with E-state index in [0.29, 0.717) is 10.9 Å². The van der Waals surface area contributed by atoms with Gasteiger partial charge in [-0.15, -0.1) is 5.06 Å². The van der Waals surface area contributed by atoms with Gasteiger partial charge in [0, 0.05) is 31.0 Å². The summed E-state index contributed by atoms with van der Waals surface area (Å²) in [6.45, 7) is 1.84. The van der Waals surface area contributed by atoms with Crippen molar-refractivity contribution in [2.75, 3.05) is 11.9 Å². The molecule has 0 saturated carbocycles. The number of anilines is 2. The highest BCUT2D eigenvalue weighted by atomic mass is 16.7. The summed E-state index contributed by atoms with van der Waals surface area (Å²) in [7, 11) is 1.88. The second kappa shape index (κ2) is 7.31. The Morgan fingerprint density at radius 3 is 2.34 bits per heavy atom. The number of fused-ring (bicyclic) bond motifs is 1. The molecule has 0 spiro atoms. The summed E-state index contributed by atoms with van der Waals surface area (Å²) in [5, 5.41) is 1.45. The zero-order chi connectivity index (χ0) is 20.5. The number of nitrogens with zero attached hydrogens (tertiary/aromatic N) is 4. The van der Waals surface area contributed by atoms with Crippen LogP contribution in [0.25, 0.3) is 10.9 Å². The van der Waals surface area contributed by atoms with Crippen LogP contribution >= 0.6 is 0 Å². The van der Waals surface area contributed by atoms with Crippen molar-refractivity contribution in [3.05, 3.63) is 59.9 Å². The van der Waals surface area contributed by atoms with Gasteiger partial charge in [0.1, 0.15) is 11.6 Å². The fourth-order valence-electron chi connectivity index (χ4n) is 3.17. The van der Waals surface area contributed by atoms with Gasteiger partial charge in [-0.25, -0.2) is 14.8 Å². The van der Waals surface area contributed by atoms with E-state index in [0.717, 1.165) is 22.4 Å². The molecule has 0 aliphatic carbocycles. The predicted octanol–water partition coefficient (Wildman–Crippen LogP) is 2.93. The van der Waals surface area contributed by atoms with E-state index in [-0.39, 0.29) is 18.4 Å². The summed E-state index contributed by atoms with van der Waals surface area (Å²) >= 11 is 0. The normalized spacial score (nSPS) is 13.8. The second-order valence-corrected chi connectivity index (χ2v) is 6.68. The second-order valence-electron chi connectivity index (χ2n) is 6.68. The lowest BCUT2D eigenvalue weighted by Crippen LogP contribution is -2.32. The number of aromatic nitrogens is 2. The van der Waals surface area contributed by atoms with Crippen molar-refractivity contribution in [2.45, 2.75) is 19.8 Å². The number of hydroxylamine groups is 2. The number of hydrogen-bond donors (Lipinski definition) is 0. The summed E-state index contributed by atoms with van der Waals surface area (Å²) in [5.74, 6) is -0.370. The molecule has 2 amide bonds. The molecule has 1 aliphatic heterocycles. The van der Waals surface area contributed by atoms with E-state index in [2.05, 4.69) is 9.97 Å². The molecule has 2 heterocycles. The van der Waals surface area contributed by atoms with Crippen molar-refractivity contribution < 1.29 is 19.2 Å². The van der Waals surface area contributed by atoms with Gasteiger partial charge in [0.2, 0.25) is 0 Å². The van der Waals surface area contributed by atoms with Gasteiger partial charge in [-0.3, -0.25) is 9.59 Å². The summed E-state index contributed by atoms with van der Waals surface area (Å²) < 4.78 is 0. The van der Waals surface area contributed by atoms with Gasteiger partial charge < -0.3 is 9.74 Å². The Balaban J connectivity index is 1.57. The molecule has 0 radical (unpaired) electrons. The quantitative estimate of drug-likeness (QED) is 0.632. The molecule has 0 N–H and O–H groups in total. The summed E-state index contributed by atoms with van der Waals surface area (Å²) in [4.78, 5) is 51.3. The Kier molecular flexibility index (Phi) is 4.67. The first-order chi connectivity index (χ1) is 13.9. The molecular weight excluding hydrogens is 372 g/mol. The Morgan fingerprint density at radius 1 is 1.00 bits per heavy atom. The van der Waals surface area contributed by atoms with Crippen molar-refractivity contribution in [3.63, 3.8) is 0 Å². The monoisotopic (exact) mass is 390 g/mol. The predicted molar refractivity (Wildman–Crippen MR) is 105 cm³/mol. The molecule has 0 unspecified atom stereocenters. The van der Waals surface area contributed by atoms with E-state index in [1.165, 1.54) is 0 Å². The van der Waals surface area contributed by atoms with Gasteiger partial charge in [0.25, 0.3) is 11.8 Å². The maximum atomic E-state index is 12.3. The van der Waals surface area contributed by atoms with E-state index in [1.807, 2.05) is 43.1 Å². The van der Waals surface area contributed by atoms with Crippen molar-refractivity contribution in [1.29, 1.82) is 0 Å². The number of imide groups is 1. The molecular formula is C21H18N4O4. The van der Waals surface area contributed by atoms with Crippen LogP contribution in [0.4, 0.5) is 11.5 Å². The van der Waals surface area contributed by atoms with Crippen LogP contribution in [0.2, 0.25) is 0 Å². The summed E-state index contributed by atoms with van der Waals surface area (Å²) in [6, 6.07) is 14.4. The van der Waals surface area contributed by atoms with Gasteiger partial charge in [0.05, 0.1) is 11.1 Å². The smallest absolute Gasteiger partial charge is 0.329 e. The van der Waals surface area contributed by atoms with Gasteiger partial charge >= 0.3 is 5.97 Å². The highest BCUT2D eigenvalue weighted by Crippen LogP contribution is 2.29. The van der Waals surface area contributed by atoms with Crippen molar-refractivity contribution >= 4 is 40.2 Å². The van der Waals surface area contributed by atoms with Crippen LogP contribution in [-0.2, 0) is 14.4 Å².